The van der Waals surface area contributed by atoms with Crippen LogP contribution in [-0.2, 0) is 0 Å². The molecule has 1 aromatic heterocycles. The van der Waals surface area contributed by atoms with Gasteiger partial charge in [0.15, 0.2) is 0 Å². The number of rotatable bonds is 7. The number of aryl methyl sites for hydroxylation is 1. The first-order chi connectivity index (χ1) is 10.2. The fourth-order valence-corrected chi connectivity index (χ4v) is 2.21. The van der Waals surface area contributed by atoms with Crippen molar-refractivity contribution in [3.63, 3.8) is 0 Å². The van der Waals surface area contributed by atoms with E-state index in [9.17, 15) is 0 Å². The number of pyridine rings is 1. The van der Waals surface area contributed by atoms with Crippen LogP contribution in [0.5, 0.6) is 0 Å². The van der Waals surface area contributed by atoms with Crippen molar-refractivity contribution in [1.29, 1.82) is 5.41 Å². The molecule has 2 rings (SSSR count). The predicted molar refractivity (Wildman–Crippen MR) is 89.4 cm³/mol. The first-order valence-corrected chi connectivity index (χ1v) is 7.57. The third-order valence-electron chi connectivity index (χ3n) is 3.49. The highest BCUT2D eigenvalue weighted by Crippen LogP contribution is 2.17. The van der Waals surface area contributed by atoms with Crippen LogP contribution in [-0.4, -0.2) is 17.2 Å². The van der Waals surface area contributed by atoms with E-state index < -0.39 is 0 Å². The van der Waals surface area contributed by atoms with Crippen molar-refractivity contribution in [2.24, 2.45) is 0 Å². The molecule has 0 bridgehead atoms. The maximum atomic E-state index is 8.42. The van der Waals surface area contributed by atoms with Gasteiger partial charge in [-0.2, -0.15) is 0 Å². The van der Waals surface area contributed by atoms with Gasteiger partial charge in [-0.25, -0.2) is 4.98 Å². The normalized spacial score (nSPS) is 10.4. The molecule has 0 aliphatic rings. The van der Waals surface area contributed by atoms with Crippen molar-refractivity contribution in [3.8, 4) is 0 Å². The van der Waals surface area contributed by atoms with Crippen LogP contribution in [0.3, 0.4) is 0 Å². The summed E-state index contributed by atoms with van der Waals surface area (Å²) in [5.41, 5.74) is 3.50. The van der Waals surface area contributed by atoms with E-state index in [0.29, 0.717) is 5.71 Å². The van der Waals surface area contributed by atoms with Gasteiger partial charge in [-0.15, -0.1) is 0 Å². The van der Waals surface area contributed by atoms with Crippen LogP contribution in [0, 0.1) is 12.3 Å². The second kappa shape index (κ2) is 7.58. The Kier molecular flexibility index (Phi) is 5.50. The number of unbranched alkanes of at least 4 members (excludes halogenated alkanes) is 2. The molecule has 0 spiro atoms. The molecule has 1 heterocycles. The summed E-state index contributed by atoms with van der Waals surface area (Å²) < 4.78 is 0. The minimum atomic E-state index is 0.515. The van der Waals surface area contributed by atoms with Gasteiger partial charge >= 0.3 is 0 Å². The van der Waals surface area contributed by atoms with Crippen LogP contribution >= 0.6 is 0 Å². The first-order valence-electron chi connectivity index (χ1n) is 7.57. The van der Waals surface area contributed by atoms with Crippen molar-refractivity contribution in [2.45, 2.75) is 33.1 Å². The quantitative estimate of drug-likeness (QED) is 0.583. The SMILES string of the molecule is CCCCCNc1ncccc1C(=N)c1ccc(C)cc1. The van der Waals surface area contributed by atoms with Crippen molar-refractivity contribution in [2.75, 3.05) is 11.9 Å². The number of hydrogen-bond donors (Lipinski definition) is 2. The van der Waals surface area contributed by atoms with E-state index in [4.69, 9.17) is 5.41 Å². The molecule has 1 aromatic carbocycles. The fraction of sp³-hybridized carbons (Fsp3) is 0.333. The average Bonchev–Trinajstić information content (AvgIpc) is 2.52. The fourth-order valence-electron chi connectivity index (χ4n) is 2.21. The second-order valence-corrected chi connectivity index (χ2v) is 5.27. The molecule has 0 atom stereocenters. The maximum absolute atomic E-state index is 8.42. The topological polar surface area (TPSA) is 48.8 Å². The highest BCUT2D eigenvalue weighted by molar-refractivity contribution is 6.13. The number of nitrogens with zero attached hydrogens (tertiary/aromatic N) is 1. The Morgan fingerprint density at radius 2 is 1.90 bits per heavy atom. The third-order valence-corrected chi connectivity index (χ3v) is 3.49. The van der Waals surface area contributed by atoms with Gasteiger partial charge in [0.2, 0.25) is 0 Å². The molecular weight excluding hydrogens is 258 g/mol. The maximum Gasteiger partial charge on any atom is 0.135 e. The first kappa shape index (κ1) is 15.2. The van der Waals surface area contributed by atoms with Gasteiger partial charge in [0.1, 0.15) is 5.82 Å². The molecular formula is C18H23N3. The van der Waals surface area contributed by atoms with Gasteiger partial charge in [-0.1, -0.05) is 49.6 Å². The summed E-state index contributed by atoms with van der Waals surface area (Å²) in [5.74, 6) is 0.805. The van der Waals surface area contributed by atoms with E-state index in [2.05, 4.69) is 24.1 Å². The second-order valence-electron chi connectivity index (χ2n) is 5.27. The summed E-state index contributed by atoms with van der Waals surface area (Å²) >= 11 is 0. The summed E-state index contributed by atoms with van der Waals surface area (Å²) in [4.78, 5) is 4.39. The van der Waals surface area contributed by atoms with Gasteiger partial charge in [0.05, 0.1) is 5.71 Å². The number of aromatic nitrogens is 1. The summed E-state index contributed by atoms with van der Waals surface area (Å²) in [7, 11) is 0. The molecule has 0 amide bonds. The molecule has 2 aromatic rings. The van der Waals surface area contributed by atoms with Crippen molar-refractivity contribution in [1.82, 2.24) is 4.98 Å². The molecule has 21 heavy (non-hydrogen) atoms. The smallest absolute Gasteiger partial charge is 0.135 e. The molecule has 0 saturated heterocycles. The summed E-state index contributed by atoms with van der Waals surface area (Å²) in [6, 6.07) is 11.9. The molecule has 0 unspecified atom stereocenters. The van der Waals surface area contributed by atoms with Crippen LogP contribution in [0.2, 0.25) is 0 Å². The molecule has 0 fully saturated rings. The lowest BCUT2D eigenvalue weighted by Crippen LogP contribution is -2.10. The van der Waals surface area contributed by atoms with Gasteiger partial charge < -0.3 is 5.32 Å². The number of anilines is 1. The lowest BCUT2D eigenvalue weighted by molar-refractivity contribution is 0.742. The van der Waals surface area contributed by atoms with E-state index in [1.807, 2.05) is 36.4 Å². The van der Waals surface area contributed by atoms with Crippen molar-refractivity contribution < 1.29 is 0 Å². The average molecular weight is 281 g/mol. The summed E-state index contributed by atoms with van der Waals surface area (Å²) in [6.45, 7) is 5.15. The van der Waals surface area contributed by atoms with Gasteiger partial charge in [0, 0.05) is 23.9 Å². The van der Waals surface area contributed by atoms with E-state index >= 15 is 0 Å². The number of nitrogens with one attached hydrogen (secondary N) is 2. The Labute approximate surface area is 126 Å². The van der Waals surface area contributed by atoms with Gasteiger partial charge in [0.25, 0.3) is 0 Å². The Balaban J connectivity index is 2.15. The molecule has 2 N–H and O–H groups in total. The lowest BCUT2D eigenvalue weighted by Gasteiger charge is -2.12. The van der Waals surface area contributed by atoms with E-state index in [1.165, 1.54) is 18.4 Å². The standard InChI is InChI=1S/C18H23N3/c1-3-4-5-12-20-18-16(7-6-13-21-18)17(19)15-10-8-14(2)9-11-15/h6-11,13,19H,3-5,12H2,1-2H3,(H,20,21). The highest BCUT2D eigenvalue weighted by atomic mass is 15.0. The van der Waals surface area contributed by atoms with Crippen LogP contribution in [0.1, 0.15) is 42.9 Å². The zero-order chi connectivity index (χ0) is 15.1. The van der Waals surface area contributed by atoms with E-state index in [1.54, 1.807) is 6.20 Å². The number of benzene rings is 1. The van der Waals surface area contributed by atoms with Gasteiger partial charge in [-0.05, 0) is 25.5 Å². The highest BCUT2D eigenvalue weighted by Gasteiger charge is 2.10. The monoisotopic (exact) mass is 281 g/mol. The molecule has 0 radical (unpaired) electrons. The Bertz CT molecular complexity index is 588. The molecule has 3 nitrogen and oxygen atoms in total. The van der Waals surface area contributed by atoms with E-state index in [-0.39, 0.29) is 0 Å². The summed E-state index contributed by atoms with van der Waals surface area (Å²) in [5, 5.41) is 11.8. The van der Waals surface area contributed by atoms with Crippen LogP contribution < -0.4 is 5.32 Å². The van der Waals surface area contributed by atoms with Crippen LogP contribution in [0.15, 0.2) is 42.6 Å². The molecule has 3 heteroatoms. The molecule has 110 valence electrons. The summed E-state index contributed by atoms with van der Waals surface area (Å²) in [6.07, 6.45) is 5.32. The molecule has 0 aliphatic heterocycles. The predicted octanol–water partition coefficient (Wildman–Crippen LogP) is 4.41. The lowest BCUT2D eigenvalue weighted by atomic mass is 10.0. The molecule has 0 saturated carbocycles. The Hall–Kier alpha value is -2.16. The van der Waals surface area contributed by atoms with Crippen LogP contribution in [0.25, 0.3) is 0 Å². The molecule has 0 aliphatic carbocycles. The Morgan fingerprint density at radius 3 is 2.62 bits per heavy atom. The van der Waals surface area contributed by atoms with Gasteiger partial charge in [-0.3, -0.25) is 5.41 Å². The van der Waals surface area contributed by atoms with Crippen molar-refractivity contribution >= 4 is 11.5 Å². The minimum Gasteiger partial charge on any atom is -0.370 e. The minimum absolute atomic E-state index is 0.515. The van der Waals surface area contributed by atoms with Crippen LogP contribution in [0.4, 0.5) is 5.82 Å². The zero-order valence-corrected chi connectivity index (χ0v) is 12.8. The Morgan fingerprint density at radius 1 is 1.14 bits per heavy atom. The third kappa shape index (κ3) is 4.15. The van der Waals surface area contributed by atoms with E-state index in [0.717, 1.165) is 29.9 Å². The van der Waals surface area contributed by atoms with Crippen molar-refractivity contribution in [3.05, 3.63) is 59.3 Å². The largest absolute Gasteiger partial charge is 0.370 e. The zero-order valence-electron chi connectivity index (χ0n) is 12.8. The number of hydrogen-bond acceptors (Lipinski definition) is 3.